The second-order valence-electron chi connectivity index (χ2n) is 7.12. The van der Waals surface area contributed by atoms with Gasteiger partial charge >= 0.3 is 0 Å². The zero-order chi connectivity index (χ0) is 18.6. The number of amides is 1. The average molecular weight is 384 g/mol. The lowest BCUT2D eigenvalue weighted by molar-refractivity contribution is -0.119. The first-order valence-electron chi connectivity index (χ1n) is 9.62. The Morgan fingerprint density at radius 2 is 1.81 bits per heavy atom. The standard InChI is InChI=1S/C22H25NO3S/c1-15(17-7-6-16-4-2-3-5-18(16)12-17)23-22(24)14-27-19-8-9-20-21(13-19)26-11-10-25-20/h6-9,12-13,15H,2-5,10-11,14H2,1H3,(H,23,24). The second-order valence-corrected chi connectivity index (χ2v) is 8.17. The van der Waals surface area contributed by atoms with Gasteiger partial charge < -0.3 is 14.8 Å². The Morgan fingerprint density at radius 1 is 1.04 bits per heavy atom. The maximum absolute atomic E-state index is 12.4. The number of hydrogen-bond donors (Lipinski definition) is 1. The van der Waals surface area contributed by atoms with Crippen LogP contribution in [0.15, 0.2) is 41.3 Å². The number of thioether (sulfide) groups is 1. The van der Waals surface area contributed by atoms with Gasteiger partial charge in [0, 0.05) is 4.90 Å². The van der Waals surface area contributed by atoms with Gasteiger partial charge in [-0.1, -0.05) is 18.2 Å². The molecule has 1 aliphatic carbocycles. The van der Waals surface area contributed by atoms with Gasteiger partial charge in [0.25, 0.3) is 0 Å². The predicted octanol–water partition coefficient (Wildman–Crippen LogP) is 4.31. The van der Waals surface area contributed by atoms with Crippen molar-refractivity contribution in [3.63, 3.8) is 0 Å². The van der Waals surface area contributed by atoms with Crippen LogP contribution in [0.4, 0.5) is 0 Å². The normalized spacial score (nSPS) is 16.3. The topological polar surface area (TPSA) is 47.6 Å². The van der Waals surface area contributed by atoms with Crippen molar-refractivity contribution in [2.75, 3.05) is 19.0 Å². The molecule has 4 rings (SSSR count). The van der Waals surface area contributed by atoms with E-state index in [0.717, 1.165) is 22.8 Å². The van der Waals surface area contributed by atoms with E-state index in [4.69, 9.17) is 9.47 Å². The summed E-state index contributed by atoms with van der Waals surface area (Å²) in [4.78, 5) is 13.4. The van der Waals surface area contributed by atoms with E-state index >= 15 is 0 Å². The number of aryl methyl sites for hydroxylation is 2. The number of hydrogen-bond acceptors (Lipinski definition) is 4. The summed E-state index contributed by atoms with van der Waals surface area (Å²) in [6.45, 7) is 3.21. The fourth-order valence-electron chi connectivity index (χ4n) is 3.65. The molecule has 2 aromatic carbocycles. The molecule has 0 spiro atoms. The van der Waals surface area contributed by atoms with Crippen LogP contribution in [-0.2, 0) is 17.6 Å². The molecule has 1 amide bonds. The first kappa shape index (κ1) is 18.2. The van der Waals surface area contributed by atoms with Gasteiger partial charge in [0.2, 0.25) is 5.91 Å². The summed E-state index contributed by atoms with van der Waals surface area (Å²) in [5, 5.41) is 3.12. The molecule has 2 aromatic rings. The molecule has 142 valence electrons. The van der Waals surface area contributed by atoms with Crippen LogP contribution in [0.25, 0.3) is 0 Å². The number of carbonyl (C=O) groups is 1. The molecular formula is C22H25NO3S. The fourth-order valence-corrected chi connectivity index (χ4v) is 4.39. The van der Waals surface area contributed by atoms with E-state index in [0.29, 0.717) is 19.0 Å². The van der Waals surface area contributed by atoms with Crippen LogP contribution in [0.1, 0.15) is 42.5 Å². The smallest absolute Gasteiger partial charge is 0.230 e. The van der Waals surface area contributed by atoms with Crippen molar-refractivity contribution in [3.8, 4) is 11.5 Å². The largest absolute Gasteiger partial charge is 0.486 e. The maximum Gasteiger partial charge on any atom is 0.230 e. The Kier molecular flexibility index (Phi) is 5.58. The molecule has 27 heavy (non-hydrogen) atoms. The Bertz CT molecular complexity index is 836. The zero-order valence-corrected chi connectivity index (χ0v) is 16.4. The van der Waals surface area contributed by atoms with Crippen molar-refractivity contribution in [2.24, 2.45) is 0 Å². The van der Waals surface area contributed by atoms with E-state index in [2.05, 4.69) is 30.4 Å². The van der Waals surface area contributed by atoms with Crippen LogP contribution in [-0.4, -0.2) is 24.9 Å². The van der Waals surface area contributed by atoms with Crippen LogP contribution < -0.4 is 14.8 Å². The molecule has 1 N–H and O–H groups in total. The van der Waals surface area contributed by atoms with Crippen LogP contribution in [0.5, 0.6) is 11.5 Å². The van der Waals surface area contributed by atoms with Crippen molar-refractivity contribution < 1.29 is 14.3 Å². The minimum absolute atomic E-state index is 0.0191. The Morgan fingerprint density at radius 3 is 2.67 bits per heavy atom. The van der Waals surface area contributed by atoms with E-state index < -0.39 is 0 Å². The minimum Gasteiger partial charge on any atom is -0.486 e. The van der Waals surface area contributed by atoms with Gasteiger partial charge in [-0.25, -0.2) is 0 Å². The SMILES string of the molecule is CC(NC(=O)CSc1ccc2c(c1)OCCO2)c1ccc2c(c1)CCCC2. The van der Waals surface area contributed by atoms with Gasteiger partial charge in [-0.2, -0.15) is 0 Å². The molecule has 1 aliphatic heterocycles. The minimum atomic E-state index is 0.0191. The fraction of sp³-hybridized carbons (Fsp3) is 0.409. The molecule has 5 heteroatoms. The first-order valence-corrected chi connectivity index (χ1v) is 10.6. The van der Waals surface area contributed by atoms with Gasteiger partial charge in [-0.05, 0) is 67.5 Å². The average Bonchev–Trinajstić information content (AvgIpc) is 2.71. The summed E-state index contributed by atoms with van der Waals surface area (Å²) >= 11 is 1.51. The van der Waals surface area contributed by atoms with Crippen molar-refractivity contribution in [1.29, 1.82) is 0 Å². The lowest BCUT2D eigenvalue weighted by Gasteiger charge is -2.20. The Labute approximate surface area is 164 Å². The molecule has 4 nitrogen and oxygen atoms in total. The number of benzene rings is 2. The summed E-state index contributed by atoms with van der Waals surface area (Å²) in [5.41, 5.74) is 4.11. The first-order chi connectivity index (χ1) is 13.2. The van der Waals surface area contributed by atoms with Gasteiger partial charge in [-0.15, -0.1) is 11.8 Å². The second kappa shape index (κ2) is 8.26. The lowest BCUT2D eigenvalue weighted by Crippen LogP contribution is -2.28. The van der Waals surface area contributed by atoms with Gasteiger partial charge in [0.15, 0.2) is 11.5 Å². The number of rotatable bonds is 5. The molecule has 1 unspecified atom stereocenters. The highest BCUT2D eigenvalue weighted by molar-refractivity contribution is 8.00. The Hall–Kier alpha value is -2.14. The third kappa shape index (κ3) is 4.41. The van der Waals surface area contributed by atoms with E-state index in [-0.39, 0.29) is 11.9 Å². The molecule has 0 aromatic heterocycles. The third-order valence-electron chi connectivity index (χ3n) is 5.13. The molecule has 0 saturated heterocycles. The third-order valence-corrected chi connectivity index (χ3v) is 6.13. The monoisotopic (exact) mass is 383 g/mol. The van der Waals surface area contributed by atoms with Gasteiger partial charge in [0.05, 0.1) is 11.8 Å². The number of carbonyl (C=O) groups excluding carboxylic acids is 1. The summed E-state index contributed by atoms with van der Waals surface area (Å²) in [6, 6.07) is 12.5. The van der Waals surface area contributed by atoms with E-state index in [1.165, 1.54) is 47.7 Å². The Balaban J connectivity index is 1.32. The molecule has 0 saturated carbocycles. The summed E-state index contributed by atoms with van der Waals surface area (Å²) in [5.74, 6) is 1.96. The highest BCUT2D eigenvalue weighted by atomic mass is 32.2. The number of nitrogens with one attached hydrogen (secondary N) is 1. The maximum atomic E-state index is 12.4. The molecule has 0 fully saturated rings. The quantitative estimate of drug-likeness (QED) is 0.782. The molecule has 2 aliphatic rings. The van der Waals surface area contributed by atoms with Crippen LogP contribution in [0.2, 0.25) is 0 Å². The lowest BCUT2D eigenvalue weighted by atomic mass is 9.89. The highest BCUT2D eigenvalue weighted by Gasteiger charge is 2.15. The van der Waals surface area contributed by atoms with Crippen LogP contribution in [0, 0.1) is 0 Å². The summed E-state index contributed by atoms with van der Waals surface area (Å²) in [7, 11) is 0. The zero-order valence-electron chi connectivity index (χ0n) is 15.6. The predicted molar refractivity (Wildman–Crippen MR) is 108 cm³/mol. The number of fused-ring (bicyclic) bond motifs is 2. The van der Waals surface area contributed by atoms with E-state index in [9.17, 15) is 4.79 Å². The molecule has 0 bridgehead atoms. The molecular weight excluding hydrogens is 358 g/mol. The van der Waals surface area contributed by atoms with E-state index in [1.807, 2.05) is 18.2 Å². The van der Waals surface area contributed by atoms with Crippen LogP contribution in [0.3, 0.4) is 0 Å². The van der Waals surface area contributed by atoms with Crippen molar-refractivity contribution in [3.05, 3.63) is 53.1 Å². The van der Waals surface area contributed by atoms with Crippen molar-refractivity contribution >= 4 is 17.7 Å². The summed E-state index contributed by atoms with van der Waals surface area (Å²) < 4.78 is 11.1. The van der Waals surface area contributed by atoms with Crippen LogP contribution >= 0.6 is 11.8 Å². The molecule has 1 atom stereocenters. The van der Waals surface area contributed by atoms with Gasteiger partial charge in [-0.3, -0.25) is 4.79 Å². The van der Waals surface area contributed by atoms with Crippen molar-refractivity contribution in [1.82, 2.24) is 5.32 Å². The van der Waals surface area contributed by atoms with E-state index in [1.54, 1.807) is 0 Å². The molecule has 1 heterocycles. The van der Waals surface area contributed by atoms with Gasteiger partial charge in [0.1, 0.15) is 13.2 Å². The number of ether oxygens (including phenoxy) is 2. The molecule has 0 radical (unpaired) electrons. The highest BCUT2D eigenvalue weighted by Crippen LogP contribution is 2.34. The van der Waals surface area contributed by atoms with Crippen molar-refractivity contribution in [2.45, 2.75) is 43.5 Å². The summed E-state index contributed by atoms with van der Waals surface area (Å²) in [6.07, 6.45) is 4.89.